The Balaban J connectivity index is 1.79. The average molecular weight is 340 g/mol. The van der Waals surface area contributed by atoms with Crippen molar-refractivity contribution in [2.75, 3.05) is 11.9 Å². The summed E-state index contributed by atoms with van der Waals surface area (Å²) in [6, 6.07) is 6.17. The SMILES string of the molecule is Cn1ccnc1C(=O)c1ccc(NCCn2cccn2)c([N+](=O)[O-])c1. The molecular formula is C16H16N6O3. The summed E-state index contributed by atoms with van der Waals surface area (Å²) < 4.78 is 3.29. The summed E-state index contributed by atoms with van der Waals surface area (Å²) in [6.45, 7) is 1.04. The average Bonchev–Trinajstić information content (AvgIpc) is 3.26. The minimum Gasteiger partial charge on any atom is -0.378 e. The van der Waals surface area contributed by atoms with Crippen LogP contribution in [0.25, 0.3) is 0 Å². The van der Waals surface area contributed by atoms with Crippen molar-refractivity contribution >= 4 is 17.2 Å². The summed E-state index contributed by atoms with van der Waals surface area (Å²) in [6.07, 6.45) is 6.63. The molecule has 0 saturated carbocycles. The third-order valence-electron chi connectivity index (χ3n) is 3.70. The molecule has 9 heteroatoms. The van der Waals surface area contributed by atoms with Crippen LogP contribution in [0.1, 0.15) is 16.2 Å². The van der Waals surface area contributed by atoms with E-state index in [1.165, 1.54) is 18.3 Å². The molecule has 0 bridgehead atoms. The minimum absolute atomic E-state index is 0.152. The number of aromatic nitrogens is 4. The van der Waals surface area contributed by atoms with E-state index in [4.69, 9.17) is 0 Å². The van der Waals surface area contributed by atoms with Gasteiger partial charge in [0.25, 0.3) is 5.69 Å². The van der Waals surface area contributed by atoms with Crippen LogP contribution in [0, 0.1) is 10.1 Å². The second-order valence-electron chi connectivity index (χ2n) is 5.38. The van der Waals surface area contributed by atoms with Gasteiger partial charge in [-0.2, -0.15) is 5.10 Å². The molecule has 0 fully saturated rings. The van der Waals surface area contributed by atoms with Crippen molar-refractivity contribution in [3.63, 3.8) is 0 Å². The molecule has 1 N–H and O–H groups in total. The molecule has 2 heterocycles. The monoisotopic (exact) mass is 340 g/mol. The highest BCUT2D eigenvalue weighted by atomic mass is 16.6. The highest BCUT2D eigenvalue weighted by Crippen LogP contribution is 2.26. The number of imidazole rings is 1. The lowest BCUT2D eigenvalue weighted by atomic mass is 10.1. The maximum Gasteiger partial charge on any atom is 0.293 e. The second-order valence-corrected chi connectivity index (χ2v) is 5.38. The normalized spacial score (nSPS) is 10.6. The number of ketones is 1. The summed E-state index contributed by atoms with van der Waals surface area (Å²) >= 11 is 0. The topological polar surface area (TPSA) is 108 Å². The van der Waals surface area contributed by atoms with Crippen LogP contribution in [0.3, 0.4) is 0 Å². The van der Waals surface area contributed by atoms with Crippen molar-refractivity contribution in [1.82, 2.24) is 19.3 Å². The van der Waals surface area contributed by atoms with Gasteiger partial charge >= 0.3 is 0 Å². The van der Waals surface area contributed by atoms with E-state index in [-0.39, 0.29) is 22.9 Å². The van der Waals surface area contributed by atoms with Gasteiger partial charge in [-0.25, -0.2) is 4.98 Å². The molecule has 0 aliphatic heterocycles. The van der Waals surface area contributed by atoms with Gasteiger partial charge in [-0.05, 0) is 18.2 Å². The van der Waals surface area contributed by atoms with Crippen molar-refractivity contribution in [2.45, 2.75) is 6.54 Å². The summed E-state index contributed by atoms with van der Waals surface area (Å²) in [4.78, 5) is 27.3. The van der Waals surface area contributed by atoms with Gasteiger partial charge in [-0.15, -0.1) is 0 Å². The molecule has 0 aliphatic carbocycles. The number of hydrogen-bond acceptors (Lipinski definition) is 6. The van der Waals surface area contributed by atoms with E-state index < -0.39 is 4.92 Å². The Hall–Kier alpha value is -3.49. The van der Waals surface area contributed by atoms with E-state index in [2.05, 4.69) is 15.4 Å². The molecule has 0 saturated heterocycles. The first kappa shape index (κ1) is 16.4. The lowest BCUT2D eigenvalue weighted by Crippen LogP contribution is -2.13. The summed E-state index contributed by atoms with van der Waals surface area (Å²) in [7, 11) is 1.69. The van der Waals surface area contributed by atoms with Gasteiger partial charge in [0, 0.05) is 50.0 Å². The molecule has 9 nitrogen and oxygen atoms in total. The molecule has 0 radical (unpaired) electrons. The van der Waals surface area contributed by atoms with Crippen LogP contribution >= 0.6 is 0 Å². The van der Waals surface area contributed by atoms with E-state index in [0.29, 0.717) is 18.8 Å². The molecule has 0 amide bonds. The number of nitrogens with zero attached hydrogens (tertiary/aromatic N) is 5. The predicted molar refractivity (Wildman–Crippen MR) is 90.5 cm³/mol. The number of nitro groups is 1. The maximum absolute atomic E-state index is 12.4. The van der Waals surface area contributed by atoms with Crippen LogP contribution < -0.4 is 5.32 Å². The van der Waals surface area contributed by atoms with Gasteiger partial charge in [-0.1, -0.05) is 0 Å². The predicted octanol–water partition coefficient (Wildman–Crippen LogP) is 1.87. The van der Waals surface area contributed by atoms with Crippen molar-refractivity contribution in [3.05, 3.63) is 70.6 Å². The van der Waals surface area contributed by atoms with Gasteiger partial charge in [0.1, 0.15) is 5.69 Å². The summed E-state index contributed by atoms with van der Waals surface area (Å²) in [5.74, 6) is -0.132. The Kier molecular flexibility index (Phi) is 4.55. The van der Waals surface area contributed by atoms with Crippen molar-refractivity contribution in [1.29, 1.82) is 0 Å². The fourth-order valence-corrected chi connectivity index (χ4v) is 2.42. The third-order valence-corrected chi connectivity index (χ3v) is 3.70. The van der Waals surface area contributed by atoms with Gasteiger partial charge < -0.3 is 9.88 Å². The second kappa shape index (κ2) is 6.95. The number of benzene rings is 1. The Morgan fingerprint density at radius 2 is 2.16 bits per heavy atom. The molecule has 2 aromatic heterocycles. The standard InChI is InChI=1S/C16H16N6O3/c1-20-9-6-18-16(20)15(23)12-3-4-13(14(11-12)22(24)25)17-7-10-21-8-2-5-19-21/h2-6,8-9,11,17H,7,10H2,1H3. The zero-order chi connectivity index (χ0) is 17.8. The molecule has 0 atom stereocenters. The minimum atomic E-state index is -0.508. The molecule has 0 aliphatic rings. The van der Waals surface area contributed by atoms with E-state index in [9.17, 15) is 14.9 Å². The molecule has 3 aromatic rings. The smallest absolute Gasteiger partial charge is 0.293 e. The van der Waals surface area contributed by atoms with E-state index in [0.717, 1.165) is 0 Å². The van der Waals surface area contributed by atoms with E-state index in [1.807, 2.05) is 6.20 Å². The molecule has 3 rings (SSSR count). The van der Waals surface area contributed by atoms with Gasteiger partial charge in [0.2, 0.25) is 5.78 Å². The first-order valence-electron chi connectivity index (χ1n) is 7.58. The number of aryl methyl sites for hydroxylation is 1. The number of nitro benzene ring substituents is 1. The van der Waals surface area contributed by atoms with Crippen LogP contribution in [-0.4, -0.2) is 36.6 Å². The van der Waals surface area contributed by atoms with Crippen molar-refractivity contribution < 1.29 is 9.72 Å². The van der Waals surface area contributed by atoms with Gasteiger partial charge in [0.05, 0.1) is 11.5 Å². The summed E-state index contributed by atoms with van der Waals surface area (Å²) in [5.41, 5.74) is 0.424. The Morgan fingerprint density at radius 1 is 1.32 bits per heavy atom. The molecule has 128 valence electrons. The first-order chi connectivity index (χ1) is 12.1. The lowest BCUT2D eigenvalue weighted by molar-refractivity contribution is -0.384. The molecule has 0 spiro atoms. The molecule has 25 heavy (non-hydrogen) atoms. The highest BCUT2D eigenvalue weighted by molar-refractivity contribution is 6.07. The quantitative estimate of drug-likeness (QED) is 0.399. The number of carbonyl (C=O) groups is 1. The van der Waals surface area contributed by atoms with Crippen LogP contribution in [0.15, 0.2) is 49.1 Å². The third kappa shape index (κ3) is 3.55. The molecule has 1 aromatic carbocycles. The largest absolute Gasteiger partial charge is 0.378 e. The summed E-state index contributed by atoms with van der Waals surface area (Å²) in [5, 5.41) is 18.4. The number of hydrogen-bond donors (Lipinski definition) is 1. The molecular weight excluding hydrogens is 324 g/mol. The zero-order valence-corrected chi connectivity index (χ0v) is 13.5. The highest BCUT2D eigenvalue weighted by Gasteiger charge is 2.20. The van der Waals surface area contributed by atoms with Gasteiger partial charge in [-0.3, -0.25) is 19.6 Å². The van der Waals surface area contributed by atoms with Crippen LogP contribution in [0.5, 0.6) is 0 Å². The first-order valence-corrected chi connectivity index (χ1v) is 7.58. The lowest BCUT2D eigenvalue weighted by Gasteiger charge is -2.09. The van der Waals surface area contributed by atoms with Crippen molar-refractivity contribution in [2.24, 2.45) is 7.05 Å². The van der Waals surface area contributed by atoms with Crippen molar-refractivity contribution in [3.8, 4) is 0 Å². The maximum atomic E-state index is 12.4. The van der Waals surface area contributed by atoms with Crippen LogP contribution in [0.2, 0.25) is 0 Å². The van der Waals surface area contributed by atoms with Gasteiger partial charge in [0.15, 0.2) is 5.82 Å². The zero-order valence-electron chi connectivity index (χ0n) is 13.5. The fourth-order valence-electron chi connectivity index (χ4n) is 2.42. The van der Waals surface area contributed by atoms with E-state index >= 15 is 0 Å². The Labute approximate surface area is 143 Å². The van der Waals surface area contributed by atoms with E-state index in [1.54, 1.807) is 40.8 Å². The number of anilines is 1. The molecule has 0 unspecified atom stereocenters. The van der Waals surface area contributed by atoms with Crippen LogP contribution in [0.4, 0.5) is 11.4 Å². The number of rotatable bonds is 7. The fraction of sp³-hybridized carbons (Fsp3) is 0.188. The Bertz CT molecular complexity index is 900. The Morgan fingerprint density at radius 3 is 2.80 bits per heavy atom. The number of carbonyl (C=O) groups excluding carboxylic acids is 1. The van der Waals surface area contributed by atoms with Crippen LogP contribution in [-0.2, 0) is 13.6 Å². The number of nitrogens with one attached hydrogen (secondary N) is 1.